The molecule has 0 bridgehead atoms. The molecule has 0 atom stereocenters. The fraction of sp³-hybridized carbons (Fsp3) is 0.200. The zero-order valence-corrected chi connectivity index (χ0v) is 25.6. The summed E-state index contributed by atoms with van der Waals surface area (Å²) in [4.78, 5) is 43.4. The smallest absolute Gasteiger partial charge is 0.438 e. The Morgan fingerprint density at radius 2 is 0.864 bits per heavy atom. The lowest BCUT2D eigenvalue weighted by Crippen LogP contribution is -2.19. The van der Waals surface area contributed by atoms with Crippen LogP contribution < -0.4 is 14.2 Å². The van der Waals surface area contributed by atoms with Gasteiger partial charge in [0, 0.05) is 19.3 Å². The van der Waals surface area contributed by atoms with Crippen molar-refractivity contribution in [3.8, 4) is 17.2 Å². The van der Waals surface area contributed by atoms with Gasteiger partial charge in [-0.1, -0.05) is 74.5 Å². The molecule has 0 N–H and O–H groups in total. The number of para-hydroxylation sites is 1. The van der Waals surface area contributed by atoms with Crippen LogP contribution in [-0.4, -0.2) is 38.3 Å². The molecule has 0 saturated heterocycles. The van der Waals surface area contributed by atoms with Gasteiger partial charge < -0.3 is 23.7 Å². The fourth-order valence-corrected chi connectivity index (χ4v) is 3.69. The molecule has 4 aromatic carbocycles. The molecule has 0 aliphatic carbocycles. The van der Waals surface area contributed by atoms with Gasteiger partial charge in [0.2, 0.25) is 0 Å². The maximum Gasteiger partial charge on any atom is 0.507 e. The van der Waals surface area contributed by atoms with Crippen molar-refractivity contribution in [3.05, 3.63) is 126 Å². The summed E-state index contributed by atoms with van der Waals surface area (Å²) >= 11 is 0. The molecule has 0 aromatic heterocycles. The second-order valence-electron chi connectivity index (χ2n) is 9.59. The van der Waals surface area contributed by atoms with E-state index < -0.39 is 6.16 Å². The molecule has 0 amide bonds. The van der Waals surface area contributed by atoms with Crippen molar-refractivity contribution in [1.29, 1.82) is 0 Å². The first-order valence-corrected chi connectivity index (χ1v) is 13.5. The van der Waals surface area contributed by atoms with E-state index in [9.17, 15) is 19.2 Å². The highest BCUT2D eigenvalue weighted by Gasteiger charge is 2.23. The van der Waals surface area contributed by atoms with E-state index in [2.05, 4.69) is 23.3 Å². The van der Waals surface area contributed by atoms with Crippen LogP contribution in [0.2, 0.25) is 0 Å². The minimum atomic E-state index is -0.657. The normalized spacial score (nSPS) is 9.95. The number of esters is 3. The topological polar surface area (TPSA) is 114 Å². The van der Waals surface area contributed by atoms with Gasteiger partial charge in [-0.05, 0) is 59.7 Å². The Balaban J connectivity index is 0.000000345. The van der Waals surface area contributed by atoms with E-state index in [0.29, 0.717) is 22.8 Å². The molecule has 9 nitrogen and oxygen atoms in total. The summed E-state index contributed by atoms with van der Waals surface area (Å²) in [5.74, 6) is 0.608. The number of hydrogen-bond acceptors (Lipinski definition) is 9. The Morgan fingerprint density at radius 3 is 1.23 bits per heavy atom. The second-order valence-corrected chi connectivity index (χ2v) is 9.59. The van der Waals surface area contributed by atoms with Crippen molar-refractivity contribution < 1.29 is 42.9 Å². The molecule has 44 heavy (non-hydrogen) atoms. The van der Waals surface area contributed by atoms with Crippen LogP contribution in [-0.2, 0) is 24.5 Å². The molecule has 0 heterocycles. The van der Waals surface area contributed by atoms with Crippen molar-refractivity contribution in [2.45, 2.75) is 33.1 Å². The molecular weight excluding hydrogens is 564 g/mol. The number of rotatable bonds is 6. The summed E-state index contributed by atoms with van der Waals surface area (Å²) < 4.78 is 23.4. The number of carbonyl (C=O) groups is 4. The molecule has 0 aliphatic heterocycles. The molecule has 9 heteroatoms. The lowest BCUT2D eigenvalue weighted by molar-refractivity contribution is -0.132. The van der Waals surface area contributed by atoms with E-state index >= 15 is 0 Å². The van der Waals surface area contributed by atoms with E-state index in [1.807, 2.05) is 48.5 Å². The molecule has 0 spiro atoms. The van der Waals surface area contributed by atoms with Crippen LogP contribution >= 0.6 is 0 Å². The third-order valence-electron chi connectivity index (χ3n) is 5.97. The molecule has 0 radical (unpaired) electrons. The van der Waals surface area contributed by atoms with Gasteiger partial charge in [0.15, 0.2) is 0 Å². The van der Waals surface area contributed by atoms with Crippen molar-refractivity contribution in [3.63, 3.8) is 0 Å². The van der Waals surface area contributed by atoms with Gasteiger partial charge in [0.25, 0.3) is 0 Å². The minimum absolute atomic E-state index is 0.267. The molecular formula is C35H36O9. The third kappa shape index (κ3) is 11.8. The number of methoxy groups -OCH3 is 2. The third-order valence-corrected chi connectivity index (χ3v) is 5.97. The lowest BCUT2D eigenvalue weighted by Gasteiger charge is -2.26. The summed E-state index contributed by atoms with van der Waals surface area (Å²) in [5, 5.41) is 0. The van der Waals surface area contributed by atoms with E-state index in [4.69, 9.17) is 14.2 Å². The van der Waals surface area contributed by atoms with Crippen LogP contribution in [0.5, 0.6) is 17.2 Å². The molecule has 0 aliphatic rings. The molecule has 0 unspecified atom stereocenters. The van der Waals surface area contributed by atoms with Crippen molar-refractivity contribution in [2.24, 2.45) is 0 Å². The SMILES string of the molecule is CC(=O)Oc1ccc(C(C)(C)c2ccc(OC(=O)c3ccccc3)cc2)cc1.CC(=O)Oc1ccccc1.COC(=O)OC. The zero-order valence-electron chi connectivity index (χ0n) is 25.6. The van der Waals surface area contributed by atoms with Crippen molar-refractivity contribution in [2.75, 3.05) is 14.2 Å². The van der Waals surface area contributed by atoms with Crippen LogP contribution in [0.25, 0.3) is 0 Å². The van der Waals surface area contributed by atoms with Crippen molar-refractivity contribution in [1.82, 2.24) is 0 Å². The minimum Gasteiger partial charge on any atom is -0.438 e. The highest BCUT2D eigenvalue weighted by molar-refractivity contribution is 5.90. The van der Waals surface area contributed by atoms with Gasteiger partial charge in [0.05, 0.1) is 19.8 Å². The van der Waals surface area contributed by atoms with E-state index in [1.54, 1.807) is 60.7 Å². The number of hydrogen-bond donors (Lipinski definition) is 0. The van der Waals surface area contributed by atoms with Gasteiger partial charge in [0.1, 0.15) is 17.2 Å². The van der Waals surface area contributed by atoms with Crippen LogP contribution in [0, 0.1) is 0 Å². The van der Waals surface area contributed by atoms with Crippen LogP contribution in [0.1, 0.15) is 49.2 Å². The zero-order chi connectivity index (χ0) is 32.5. The second kappa shape index (κ2) is 17.5. The highest BCUT2D eigenvalue weighted by atomic mass is 16.7. The first-order valence-electron chi connectivity index (χ1n) is 13.5. The average molecular weight is 601 g/mol. The summed E-state index contributed by atoms with van der Waals surface area (Å²) in [6, 6.07) is 32.8. The van der Waals surface area contributed by atoms with Gasteiger partial charge in [-0.3, -0.25) is 9.59 Å². The predicted octanol–water partition coefficient (Wildman–Crippen LogP) is 7.17. The Bertz CT molecular complexity index is 1470. The Labute approximate surface area is 257 Å². The van der Waals surface area contributed by atoms with Gasteiger partial charge >= 0.3 is 24.1 Å². The quantitative estimate of drug-likeness (QED) is 0.168. The first kappa shape index (κ1) is 34.8. The maximum atomic E-state index is 12.2. The molecule has 4 rings (SSSR count). The average Bonchev–Trinajstić information content (AvgIpc) is 3.02. The Kier molecular flexibility index (Phi) is 13.8. The highest BCUT2D eigenvalue weighted by Crippen LogP contribution is 2.33. The Hall–Kier alpha value is -5.44. The Morgan fingerprint density at radius 1 is 0.500 bits per heavy atom. The number of benzene rings is 4. The molecule has 4 aromatic rings. The number of ether oxygens (including phenoxy) is 5. The van der Waals surface area contributed by atoms with Gasteiger partial charge in [-0.25, -0.2) is 9.59 Å². The molecule has 230 valence electrons. The van der Waals surface area contributed by atoms with Crippen LogP contribution in [0.4, 0.5) is 4.79 Å². The fourth-order valence-electron chi connectivity index (χ4n) is 3.69. The monoisotopic (exact) mass is 600 g/mol. The molecule has 0 fully saturated rings. The summed E-state index contributed by atoms with van der Waals surface area (Å²) in [6.45, 7) is 6.98. The first-order chi connectivity index (χ1) is 21.0. The van der Waals surface area contributed by atoms with Crippen LogP contribution in [0.3, 0.4) is 0 Å². The standard InChI is InChI=1S/C24H22O4.C8H8O2.C3H6O3/c1-17(25)27-21-13-9-19(10-14-21)24(2,3)20-11-15-22(16-12-20)28-23(26)18-7-5-4-6-8-18;1-7(9)10-8-5-3-2-4-6-8;1-5-3(4)6-2/h4-16H,1-3H3;2-6H,1H3;1-2H3. The summed E-state index contributed by atoms with van der Waals surface area (Å²) in [7, 11) is 2.51. The molecule has 0 saturated carbocycles. The van der Waals surface area contributed by atoms with E-state index in [-0.39, 0.29) is 23.3 Å². The lowest BCUT2D eigenvalue weighted by atomic mass is 9.78. The predicted molar refractivity (Wildman–Crippen MR) is 165 cm³/mol. The van der Waals surface area contributed by atoms with Gasteiger partial charge in [-0.2, -0.15) is 0 Å². The number of carbonyl (C=O) groups excluding carboxylic acids is 4. The summed E-state index contributed by atoms with van der Waals surface area (Å²) in [5.41, 5.74) is 2.40. The largest absolute Gasteiger partial charge is 0.507 e. The van der Waals surface area contributed by atoms with Crippen molar-refractivity contribution >= 4 is 24.1 Å². The maximum absolute atomic E-state index is 12.2. The van der Waals surface area contributed by atoms with E-state index in [1.165, 1.54) is 28.1 Å². The van der Waals surface area contributed by atoms with Gasteiger partial charge in [-0.15, -0.1) is 0 Å². The van der Waals surface area contributed by atoms with E-state index in [0.717, 1.165) is 11.1 Å². The summed E-state index contributed by atoms with van der Waals surface area (Å²) in [6.07, 6.45) is -0.657. The van der Waals surface area contributed by atoms with Crippen LogP contribution in [0.15, 0.2) is 109 Å².